The number of ether oxygens (including phenoxy) is 1. The molecule has 1 rings (SSSR count). The van der Waals surface area contributed by atoms with Crippen LogP contribution in [-0.4, -0.2) is 13.2 Å². The molecule has 3 heteroatoms. The average molecular weight is 314 g/mol. The van der Waals surface area contributed by atoms with Crippen molar-refractivity contribution < 1.29 is 4.74 Å². The van der Waals surface area contributed by atoms with Crippen molar-refractivity contribution in [3.05, 3.63) is 28.2 Å². The third-order valence-corrected chi connectivity index (χ3v) is 3.14. The second-order valence-electron chi connectivity index (χ2n) is 4.98. The Morgan fingerprint density at radius 1 is 1.33 bits per heavy atom. The fourth-order valence-electron chi connectivity index (χ4n) is 1.65. The summed E-state index contributed by atoms with van der Waals surface area (Å²) in [6.07, 6.45) is 2.27. The van der Waals surface area contributed by atoms with Gasteiger partial charge in [-0.25, -0.2) is 0 Å². The van der Waals surface area contributed by atoms with Crippen molar-refractivity contribution in [1.82, 2.24) is 5.32 Å². The first kappa shape index (κ1) is 15.5. The molecular formula is C15H24BrNO. The third kappa shape index (κ3) is 5.87. The van der Waals surface area contributed by atoms with Gasteiger partial charge >= 0.3 is 0 Å². The lowest BCUT2D eigenvalue weighted by molar-refractivity contribution is 0.305. The van der Waals surface area contributed by atoms with Gasteiger partial charge in [0.2, 0.25) is 0 Å². The summed E-state index contributed by atoms with van der Waals surface area (Å²) in [6, 6.07) is 6.22. The summed E-state index contributed by atoms with van der Waals surface area (Å²) >= 11 is 3.52. The topological polar surface area (TPSA) is 21.3 Å². The quantitative estimate of drug-likeness (QED) is 0.719. The van der Waals surface area contributed by atoms with Crippen molar-refractivity contribution in [2.45, 2.75) is 40.2 Å². The lowest BCUT2D eigenvalue weighted by atomic mass is 10.2. The second kappa shape index (κ2) is 8.54. The van der Waals surface area contributed by atoms with E-state index in [2.05, 4.69) is 48.1 Å². The molecule has 0 aliphatic carbocycles. The highest BCUT2D eigenvalue weighted by molar-refractivity contribution is 9.10. The molecule has 0 atom stereocenters. The average Bonchev–Trinajstić information content (AvgIpc) is 2.31. The van der Waals surface area contributed by atoms with Crippen LogP contribution in [0.2, 0.25) is 0 Å². The maximum absolute atomic E-state index is 5.83. The van der Waals surface area contributed by atoms with Gasteiger partial charge in [0, 0.05) is 16.6 Å². The van der Waals surface area contributed by atoms with Crippen LogP contribution in [0.15, 0.2) is 22.7 Å². The van der Waals surface area contributed by atoms with Crippen LogP contribution in [-0.2, 0) is 6.54 Å². The molecule has 0 bridgehead atoms. The molecule has 18 heavy (non-hydrogen) atoms. The number of halogens is 1. The van der Waals surface area contributed by atoms with Crippen molar-refractivity contribution in [3.8, 4) is 5.75 Å². The Labute approximate surface area is 119 Å². The van der Waals surface area contributed by atoms with Gasteiger partial charge in [-0.3, -0.25) is 0 Å². The molecule has 2 nitrogen and oxygen atoms in total. The highest BCUT2D eigenvalue weighted by atomic mass is 79.9. The van der Waals surface area contributed by atoms with Crippen molar-refractivity contribution in [2.24, 2.45) is 5.92 Å². The molecule has 0 amide bonds. The molecule has 0 aromatic heterocycles. The Kier molecular flexibility index (Phi) is 7.36. The maximum atomic E-state index is 5.83. The van der Waals surface area contributed by atoms with E-state index in [1.54, 1.807) is 0 Å². The summed E-state index contributed by atoms with van der Waals surface area (Å²) in [5, 5.41) is 3.46. The zero-order valence-electron chi connectivity index (χ0n) is 11.6. The number of nitrogens with one attached hydrogen (secondary N) is 1. The summed E-state index contributed by atoms with van der Waals surface area (Å²) in [5.41, 5.74) is 1.22. The van der Waals surface area contributed by atoms with E-state index in [0.29, 0.717) is 5.92 Å². The number of hydrogen-bond acceptors (Lipinski definition) is 2. The van der Waals surface area contributed by atoms with Gasteiger partial charge in [-0.05, 0) is 37.1 Å². The van der Waals surface area contributed by atoms with E-state index in [1.165, 1.54) is 5.56 Å². The Morgan fingerprint density at radius 3 is 2.78 bits per heavy atom. The molecule has 0 aliphatic heterocycles. The first-order valence-electron chi connectivity index (χ1n) is 6.75. The van der Waals surface area contributed by atoms with E-state index < -0.39 is 0 Å². The standard InChI is InChI=1S/C15H24BrNO/c1-4-5-8-18-15-7-6-14(16)9-13(15)11-17-10-12(2)3/h6-7,9,12,17H,4-5,8,10-11H2,1-3H3. The van der Waals surface area contributed by atoms with Gasteiger partial charge < -0.3 is 10.1 Å². The van der Waals surface area contributed by atoms with E-state index in [0.717, 1.165) is 42.8 Å². The molecule has 0 heterocycles. The van der Waals surface area contributed by atoms with Crippen LogP contribution in [0.4, 0.5) is 0 Å². The van der Waals surface area contributed by atoms with Gasteiger partial charge in [0.15, 0.2) is 0 Å². The second-order valence-corrected chi connectivity index (χ2v) is 5.89. The molecule has 1 N–H and O–H groups in total. The van der Waals surface area contributed by atoms with E-state index in [9.17, 15) is 0 Å². The zero-order valence-corrected chi connectivity index (χ0v) is 13.2. The highest BCUT2D eigenvalue weighted by Crippen LogP contribution is 2.23. The van der Waals surface area contributed by atoms with Gasteiger partial charge in [0.05, 0.1) is 6.61 Å². The van der Waals surface area contributed by atoms with Crippen molar-refractivity contribution in [2.75, 3.05) is 13.2 Å². The smallest absolute Gasteiger partial charge is 0.123 e. The minimum Gasteiger partial charge on any atom is -0.493 e. The summed E-state index contributed by atoms with van der Waals surface area (Å²) in [4.78, 5) is 0. The Balaban J connectivity index is 2.58. The number of unbranched alkanes of at least 4 members (excludes halogenated alkanes) is 1. The third-order valence-electron chi connectivity index (χ3n) is 2.65. The van der Waals surface area contributed by atoms with Gasteiger partial charge in [-0.15, -0.1) is 0 Å². The van der Waals surface area contributed by atoms with Crippen molar-refractivity contribution in [1.29, 1.82) is 0 Å². The number of benzene rings is 1. The van der Waals surface area contributed by atoms with E-state index in [1.807, 2.05) is 12.1 Å². The normalized spacial score (nSPS) is 10.9. The minimum absolute atomic E-state index is 0.668. The number of hydrogen-bond donors (Lipinski definition) is 1. The summed E-state index contributed by atoms with van der Waals surface area (Å²) in [7, 11) is 0. The van der Waals surface area contributed by atoms with Crippen LogP contribution < -0.4 is 10.1 Å². The van der Waals surface area contributed by atoms with Crippen LogP contribution >= 0.6 is 15.9 Å². The van der Waals surface area contributed by atoms with Gasteiger partial charge in [-0.2, -0.15) is 0 Å². The predicted octanol–water partition coefficient (Wildman–Crippen LogP) is 4.37. The molecule has 0 aliphatic rings. The lowest BCUT2D eigenvalue weighted by Gasteiger charge is -2.13. The van der Waals surface area contributed by atoms with E-state index in [-0.39, 0.29) is 0 Å². The summed E-state index contributed by atoms with van der Waals surface area (Å²) in [6.45, 7) is 9.30. The first-order valence-corrected chi connectivity index (χ1v) is 7.54. The molecule has 0 saturated heterocycles. The zero-order chi connectivity index (χ0) is 13.4. The van der Waals surface area contributed by atoms with Crippen LogP contribution in [0, 0.1) is 5.92 Å². The molecular weight excluding hydrogens is 290 g/mol. The summed E-state index contributed by atoms with van der Waals surface area (Å²) < 4.78 is 6.93. The molecule has 0 radical (unpaired) electrons. The molecule has 0 unspecified atom stereocenters. The number of rotatable bonds is 8. The predicted molar refractivity (Wildman–Crippen MR) is 81.1 cm³/mol. The molecule has 1 aromatic rings. The van der Waals surface area contributed by atoms with Gasteiger partial charge in [0.25, 0.3) is 0 Å². The van der Waals surface area contributed by atoms with Gasteiger partial charge in [-0.1, -0.05) is 43.1 Å². The fourth-order valence-corrected chi connectivity index (χ4v) is 2.06. The molecule has 102 valence electrons. The monoisotopic (exact) mass is 313 g/mol. The van der Waals surface area contributed by atoms with Crippen molar-refractivity contribution in [3.63, 3.8) is 0 Å². The summed E-state index contributed by atoms with van der Waals surface area (Å²) in [5.74, 6) is 1.67. The molecule has 0 fully saturated rings. The minimum atomic E-state index is 0.668. The SMILES string of the molecule is CCCCOc1ccc(Br)cc1CNCC(C)C. The van der Waals surface area contributed by atoms with Gasteiger partial charge in [0.1, 0.15) is 5.75 Å². The van der Waals surface area contributed by atoms with Crippen LogP contribution in [0.25, 0.3) is 0 Å². The van der Waals surface area contributed by atoms with E-state index in [4.69, 9.17) is 4.74 Å². The van der Waals surface area contributed by atoms with Crippen LogP contribution in [0.3, 0.4) is 0 Å². The van der Waals surface area contributed by atoms with Crippen molar-refractivity contribution >= 4 is 15.9 Å². The Bertz CT molecular complexity index is 352. The van der Waals surface area contributed by atoms with E-state index >= 15 is 0 Å². The molecule has 1 aromatic carbocycles. The Morgan fingerprint density at radius 2 is 2.11 bits per heavy atom. The highest BCUT2D eigenvalue weighted by Gasteiger charge is 2.05. The fraction of sp³-hybridized carbons (Fsp3) is 0.600. The molecule has 0 saturated carbocycles. The van der Waals surface area contributed by atoms with Crippen LogP contribution in [0.5, 0.6) is 5.75 Å². The largest absolute Gasteiger partial charge is 0.493 e. The maximum Gasteiger partial charge on any atom is 0.123 e. The Hall–Kier alpha value is -0.540. The van der Waals surface area contributed by atoms with Crippen LogP contribution in [0.1, 0.15) is 39.2 Å². The lowest BCUT2D eigenvalue weighted by Crippen LogP contribution is -2.19. The molecule has 0 spiro atoms. The first-order chi connectivity index (χ1) is 8.63.